The first-order valence-corrected chi connectivity index (χ1v) is 1.65. The molecule has 0 aliphatic heterocycles. The fourth-order valence-corrected chi connectivity index (χ4v) is 0.213. The van der Waals surface area contributed by atoms with Crippen molar-refractivity contribution in [2.24, 2.45) is 0 Å². The average molecular weight is 134 g/mol. The first-order chi connectivity index (χ1) is 3.39. The normalized spacial score (nSPS) is 7.50. The van der Waals surface area contributed by atoms with Gasteiger partial charge in [0.2, 0.25) is 0 Å². The van der Waals surface area contributed by atoms with Gasteiger partial charge < -0.3 is 5.73 Å². The summed E-state index contributed by atoms with van der Waals surface area (Å²) in [5, 5.41) is 13.3. The number of halogens is 1. The third-order valence-electron chi connectivity index (χ3n) is 0.424. The SMILES string of the molecule is Cl.Nc1nncnn1. The molecule has 2 N–H and O–H groups in total. The first-order valence-electron chi connectivity index (χ1n) is 1.65. The van der Waals surface area contributed by atoms with E-state index in [0.29, 0.717) is 0 Å². The number of nitrogens with two attached hydrogens (primary N) is 1. The lowest BCUT2D eigenvalue weighted by atomic mass is 11.1. The number of hydrogen-bond donors (Lipinski definition) is 1. The quantitative estimate of drug-likeness (QED) is 0.505. The number of aromatic nitrogens is 4. The second kappa shape index (κ2) is 3.09. The van der Waals surface area contributed by atoms with Gasteiger partial charge in [0.15, 0.2) is 6.33 Å². The highest BCUT2D eigenvalue weighted by molar-refractivity contribution is 5.85. The van der Waals surface area contributed by atoms with Gasteiger partial charge in [-0.25, -0.2) is 0 Å². The van der Waals surface area contributed by atoms with Gasteiger partial charge in [-0.15, -0.1) is 32.8 Å². The van der Waals surface area contributed by atoms with Crippen LogP contribution in [0.15, 0.2) is 6.33 Å². The summed E-state index contributed by atoms with van der Waals surface area (Å²) >= 11 is 0. The molecular formula is C2H4ClN5. The summed E-state index contributed by atoms with van der Waals surface area (Å²) < 4.78 is 0. The van der Waals surface area contributed by atoms with Crippen LogP contribution in [0.4, 0.5) is 5.95 Å². The van der Waals surface area contributed by atoms with Crippen molar-refractivity contribution in [1.29, 1.82) is 0 Å². The minimum atomic E-state index is 0. The van der Waals surface area contributed by atoms with E-state index in [1.54, 1.807) is 0 Å². The van der Waals surface area contributed by atoms with Crippen LogP contribution in [0.2, 0.25) is 0 Å². The number of nitrogen functional groups attached to an aromatic ring is 1. The summed E-state index contributed by atoms with van der Waals surface area (Å²) in [4.78, 5) is 0. The smallest absolute Gasteiger partial charge is 0.259 e. The minimum absolute atomic E-state index is 0. The van der Waals surface area contributed by atoms with Gasteiger partial charge in [-0.1, -0.05) is 0 Å². The fraction of sp³-hybridized carbons (Fsp3) is 0. The Kier molecular flexibility index (Phi) is 2.71. The molecule has 5 nitrogen and oxygen atoms in total. The van der Waals surface area contributed by atoms with Crippen molar-refractivity contribution in [3.63, 3.8) is 0 Å². The zero-order valence-electron chi connectivity index (χ0n) is 3.85. The molecule has 1 rings (SSSR count). The van der Waals surface area contributed by atoms with Gasteiger partial charge in [0.1, 0.15) is 0 Å². The van der Waals surface area contributed by atoms with Crippen molar-refractivity contribution in [1.82, 2.24) is 20.4 Å². The van der Waals surface area contributed by atoms with Crippen LogP contribution in [0, 0.1) is 0 Å². The molecule has 6 heteroatoms. The van der Waals surface area contributed by atoms with Crippen LogP contribution in [-0.4, -0.2) is 20.4 Å². The standard InChI is InChI=1S/C2H3N5.ClH/c3-2-6-4-1-5-7-2;/h1H,(H2,3,6,7);1H. The number of hydrogen-bond acceptors (Lipinski definition) is 5. The molecule has 0 aromatic carbocycles. The zero-order valence-corrected chi connectivity index (χ0v) is 4.67. The van der Waals surface area contributed by atoms with Gasteiger partial charge in [0.05, 0.1) is 0 Å². The lowest BCUT2D eigenvalue weighted by Crippen LogP contribution is -1.96. The molecule has 0 amide bonds. The van der Waals surface area contributed by atoms with Gasteiger partial charge in [-0.3, -0.25) is 0 Å². The van der Waals surface area contributed by atoms with Crippen molar-refractivity contribution in [3.05, 3.63) is 6.33 Å². The van der Waals surface area contributed by atoms with E-state index in [-0.39, 0.29) is 18.4 Å². The molecule has 8 heavy (non-hydrogen) atoms. The molecule has 0 atom stereocenters. The summed E-state index contributed by atoms with van der Waals surface area (Å²) in [5.74, 6) is 0.0995. The van der Waals surface area contributed by atoms with E-state index in [0.717, 1.165) is 0 Å². The van der Waals surface area contributed by atoms with Gasteiger partial charge in [0.25, 0.3) is 5.95 Å². The molecule has 0 saturated carbocycles. The number of anilines is 1. The average Bonchev–Trinajstić information content (AvgIpc) is 1.69. The van der Waals surface area contributed by atoms with Gasteiger partial charge in [0, 0.05) is 0 Å². The van der Waals surface area contributed by atoms with Crippen molar-refractivity contribution >= 4 is 18.4 Å². The molecule has 0 radical (unpaired) electrons. The predicted octanol–water partition coefficient (Wildman–Crippen LogP) is -0.729. The Balaban J connectivity index is 0.000000490. The van der Waals surface area contributed by atoms with Crippen LogP contribution in [0.3, 0.4) is 0 Å². The van der Waals surface area contributed by atoms with Crippen molar-refractivity contribution in [2.75, 3.05) is 5.73 Å². The molecule has 0 saturated heterocycles. The summed E-state index contributed by atoms with van der Waals surface area (Å²) in [5.41, 5.74) is 5.01. The maximum atomic E-state index is 5.01. The Bertz CT molecular complexity index is 140. The van der Waals surface area contributed by atoms with Crippen LogP contribution >= 0.6 is 12.4 Å². The monoisotopic (exact) mass is 133 g/mol. The Morgan fingerprint density at radius 2 is 1.75 bits per heavy atom. The maximum absolute atomic E-state index is 5.01. The predicted molar refractivity (Wildman–Crippen MR) is 29.3 cm³/mol. The molecule has 44 valence electrons. The second-order valence-electron chi connectivity index (χ2n) is 0.905. The maximum Gasteiger partial charge on any atom is 0.259 e. The number of nitrogens with zero attached hydrogens (tertiary/aromatic N) is 4. The molecule has 1 aromatic rings. The lowest BCUT2D eigenvalue weighted by molar-refractivity contribution is 0.869. The Morgan fingerprint density at radius 3 is 2.00 bits per heavy atom. The molecule has 1 aromatic heterocycles. The molecule has 0 spiro atoms. The minimum Gasteiger partial charge on any atom is -0.365 e. The van der Waals surface area contributed by atoms with Gasteiger partial charge in [-0.2, -0.15) is 0 Å². The van der Waals surface area contributed by atoms with Crippen LogP contribution < -0.4 is 5.73 Å². The largest absolute Gasteiger partial charge is 0.365 e. The second-order valence-corrected chi connectivity index (χ2v) is 0.905. The van der Waals surface area contributed by atoms with E-state index in [4.69, 9.17) is 5.73 Å². The van der Waals surface area contributed by atoms with E-state index in [9.17, 15) is 0 Å². The van der Waals surface area contributed by atoms with Crippen LogP contribution in [-0.2, 0) is 0 Å². The third kappa shape index (κ3) is 1.65. The highest BCUT2D eigenvalue weighted by atomic mass is 35.5. The van der Waals surface area contributed by atoms with Crippen molar-refractivity contribution < 1.29 is 0 Å². The molecule has 0 aliphatic rings. The van der Waals surface area contributed by atoms with Crippen LogP contribution in [0.1, 0.15) is 0 Å². The zero-order chi connectivity index (χ0) is 5.11. The van der Waals surface area contributed by atoms with E-state index >= 15 is 0 Å². The first kappa shape index (κ1) is 7.03. The van der Waals surface area contributed by atoms with E-state index in [1.807, 2.05) is 0 Å². The van der Waals surface area contributed by atoms with Crippen LogP contribution in [0.5, 0.6) is 0 Å². The molecule has 0 aliphatic carbocycles. The molecule has 1 heterocycles. The molecule has 0 bridgehead atoms. The van der Waals surface area contributed by atoms with E-state index < -0.39 is 0 Å². The summed E-state index contributed by atoms with van der Waals surface area (Å²) in [6.07, 6.45) is 1.22. The molecule has 0 unspecified atom stereocenters. The highest BCUT2D eigenvalue weighted by Gasteiger charge is 1.78. The molecule has 0 fully saturated rings. The van der Waals surface area contributed by atoms with E-state index in [1.165, 1.54) is 6.33 Å². The van der Waals surface area contributed by atoms with Crippen molar-refractivity contribution in [3.8, 4) is 0 Å². The summed E-state index contributed by atoms with van der Waals surface area (Å²) in [6.45, 7) is 0. The Labute approximate surface area is 51.7 Å². The van der Waals surface area contributed by atoms with Crippen molar-refractivity contribution in [2.45, 2.75) is 0 Å². The van der Waals surface area contributed by atoms with Gasteiger partial charge in [-0.05, 0) is 0 Å². The number of rotatable bonds is 0. The Hall–Kier alpha value is -0.970. The van der Waals surface area contributed by atoms with Gasteiger partial charge >= 0.3 is 0 Å². The van der Waals surface area contributed by atoms with E-state index in [2.05, 4.69) is 20.4 Å². The fourth-order valence-electron chi connectivity index (χ4n) is 0.213. The lowest BCUT2D eigenvalue weighted by Gasteiger charge is -1.79. The summed E-state index contributed by atoms with van der Waals surface area (Å²) in [6, 6.07) is 0. The summed E-state index contributed by atoms with van der Waals surface area (Å²) in [7, 11) is 0. The van der Waals surface area contributed by atoms with Crippen LogP contribution in [0.25, 0.3) is 0 Å². The highest BCUT2D eigenvalue weighted by Crippen LogP contribution is 1.73. The Morgan fingerprint density at radius 1 is 1.25 bits per heavy atom. The molecular weight excluding hydrogens is 130 g/mol. The topological polar surface area (TPSA) is 77.6 Å². The third-order valence-corrected chi connectivity index (χ3v) is 0.424.